The summed E-state index contributed by atoms with van der Waals surface area (Å²) in [5.41, 5.74) is 1.89. The highest BCUT2D eigenvalue weighted by Crippen LogP contribution is 2.31. The van der Waals surface area contributed by atoms with Crippen molar-refractivity contribution in [1.29, 1.82) is 0 Å². The van der Waals surface area contributed by atoms with Crippen molar-refractivity contribution in [3.05, 3.63) is 18.2 Å². The van der Waals surface area contributed by atoms with E-state index >= 15 is 0 Å². The number of hydrazine groups is 1. The molecule has 10 heteroatoms. The molecule has 1 saturated carbocycles. The molecule has 0 spiro atoms. The van der Waals surface area contributed by atoms with E-state index in [-0.39, 0.29) is 10.9 Å². The molecule has 1 heterocycles. The molecule has 130 valence electrons. The fraction of sp³-hybridized carbons (Fsp3) is 0.429. The summed E-state index contributed by atoms with van der Waals surface area (Å²) in [4.78, 5) is 24.8. The van der Waals surface area contributed by atoms with Gasteiger partial charge in [-0.1, -0.05) is 0 Å². The molecule has 1 fully saturated rings. The molecule has 0 saturated heterocycles. The van der Waals surface area contributed by atoms with Gasteiger partial charge in [0.15, 0.2) is 11.5 Å². The Kier molecular flexibility index (Phi) is 4.58. The highest BCUT2D eigenvalue weighted by atomic mass is 32.2. The van der Waals surface area contributed by atoms with Gasteiger partial charge in [-0.3, -0.25) is 15.0 Å². The van der Waals surface area contributed by atoms with Crippen molar-refractivity contribution >= 4 is 21.8 Å². The summed E-state index contributed by atoms with van der Waals surface area (Å²) in [5.74, 6) is -1.17. The zero-order valence-electron chi connectivity index (χ0n) is 12.7. The van der Waals surface area contributed by atoms with E-state index in [1.54, 1.807) is 0 Å². The van der Waals surface area contributed by atoms with Gasteiger partial charge in [0.05, 0.1) is 18.1 Å². The Morgan fingerprint density at radius 2 is 1.75 bits per heavy atom. The molecule has 1 aromatic carbocycles. The van der Waals surface area contributed by atoms with Gasteiger partial charge in [0.2, 0.25) is 0 Å². The van der Waals surface area contributed by atoms with E-state index in [0.717, 1.165) is 12.8 Å². The Hall–Kier alpha value is -2.33. The Balaban J connectivity index is 1.65. The Bertz CT molecular complexity index is 760. The summed E-state index contributed by atoms with van der Waals surface area (Å²) < 4.78 is 35.3. The molecule has 3 rings (SSSR count). The van der Waals surface area contributed by atoms with E-state index in [2.05, 4.69) is 5.32 Å². The summed E-state index contributed by atoms with van der Waals surface area (Å²) in [5, 5.41) is 2.46. The van der Waals surface area contributed by atoms with Gasteiger partial charge in [-0.25, -0.2) is 8.42 Å². The number of benzene rings is 1. The molecule has 1 aliphatic carbocycles. The first-order chi connectivity index (χ1) is 11.5. The first-order valence-electron chi connectivity index (χ1n) is 7.48. The molecule has 0 radical (unpaired) electrons. The topological polar surface area (TPSA) is 123 Å². The second-order valence-corrected chi connectivity index (χ2v) is 7.15. The Morgan fingerprint density at radius 1 is 1.04 bits per heavy atom. The molecule has 0 bridgehead atoms. The lowest BCUT2D eigenvalue weighted by atomic mass is 10.3. The largest absolute Gasteiger partial charge is 0.490 e. The summed E-state index contributed by atoms with van der Waals surface area (Å²) in [6, 6.07) is 4.12. The zero-order chi connectivity index (χ0) is 17.2. The number of hydrogen-bond acceptors (Lipinski definition) is 6. The van der Waals surface area contributed by atoms with Crippen LogP contribution in [-0.4, -0.2) is 39.5 Å². The maximum Gasteiger partial charge on any atom is 0.324 e. The van der Waals surface area contributed by atoms with Crippen molar-refractivity contribution in [2.75, 3.05) is 13.2 Å². The molecule has 1 aliphatic heterocycles. The van der Waals surface area contributed by atoms with Crippen LogP contribution in [-0.2, 0) is 19.6 Å². The second-order valence-electron chi connectivity index (χ2n) is 5.47. The van der Waals surface area contributed by atoms with Gasteiger partial charge in [-0.2, -0.15) is 0 Å². The van der Waals surface area contributed by atoms with Crippen LogP contribution in [0, 0.1) is 0 Å². The van der Waals surface area contributed by atoms with Crippen molar-refractivity contribution < 1.29 is 27.5 Å². The predicted octanol–water partition coefficient (Wildman–Crippen LogP) is -0.564. The lowest BCUT2D eigenvalue weighted by Gasteiger charge is -2.11. The van der Waals surface area contributed by atoms with Gasteiger partial charge in [0, 0.05) is 18.5 Å². The van der Waals surface area contributed by atoms with Crippen LogP contribution in [0.25, 0.3) is 0 Å². The van der Waals surface area contributed by atoms with Crippen molar-refractivity contribution in [1.82, 2.24) is 15.6 Å². The second kappa shape index (κ2) is 6.65. The number of nitrogens with one attached hydrogen (secondary N) is 3. The molecular formula is C14H17N3O6S. The number of carbonyl (C=O) groups excluding carboxylic acids is 2. The van der Waals surface area contributed by atoms with E-state index in [4.69, 9.17) is 9.47 Å². The fourth-order valence-electron chi connectivity index (χ4n) is 2.02. The number of carbonyl (C=O) groups is 2. The molecule has 9 nitrogen and oxygen atoms in total. The number of rotatable bonds is 4. The number of ether oxygens (including phenoxy) is 2. The average molecular weight is 355 g/mol. The van der Waals surface area contributed by atoms with Gasteiger partial charge >= 0.3 is 11.8 Å². The lowest BCUT2D eigenvalue weighted by Crippen LogP contribution is -2.48. The van der Waals surface area contributed by atoms with Crippen molar-refractivity contribution in [2.45, 2.75) is 30.2 Å². The van der Waals surface area contributed by atoms with Crippen LogP contribution in [0.1, 0.15) is 19.3 Å². The molecule has 1 aromatic rings. The van der Waals surface area contributed by atoms with Crippen LogP contribution in [0.4, 0.5) is 0 Å². The molecule has 0 aromatic heterocycles. The van der Waals surface area contributed by atoms with Gasteiger partial charge in [-0.15, -0.1) is 4.83 Å². The monoisotopic (exact) mass is 355 g/mol. The summed E-state index contributed by atoms with van der Waals surface area (Å²) in [6.07, 6.45) is 2.34. The first kappa shape index (κ1) is 16.5. The smallest absolute Gasteiger partial charge is 0.324 e. The summed E-state index contributed by atoms with van der Waals surface area (Å²) in [6.45, 7) is 0.908. The van der Waals surface area contributed by atoms with Gasteiger partial charge in [0.1, 0.15) is 0 Å². The van der Waals surface area contributed by atoms with Crippen molar-refractivity contribution in [2.24, 2.45) is 0 Å². The van der Waals surface area contributed by atoms with E-state index in [1.807, 2.05) is 10.3 Å². The van der Waals surface area contributed by atoms with Gasteiger partial charge in [-0.05, 0) is 25.0 Å². The van der Waals surface area contributed by atoms with Crippen LogP contribution in [0.15, 0.2) is 23.1 Å². The standard InChI is InChI=1S/C14H17N3O6S/c18-13(15-9-2-3-9)14(19)16-17-24(20,21)10-4-5-11-12(8-10)23-7-1-6-22-11/h4-5,8-9,17H,1-3,6-7H2,(H,15,18)(H,16,19). The van der Waals surface area contributed by atoms with E-state index in [0.29, 0.717) is 31.1 Å². The lowest BCUT2D eigenvalue weighted by molar-refractivity contribution is -0.139. The van der Waals surface area contributed by atoms with Crippen molar-refractivity contribution in [3.8, 4) is 11.5 Å². The van der Waals surface area contributed by atoms with Crippen LogP contribution in [0.3, 0.4) is 0 Å². The summed E-state index contributed by atoms with van der Waals surface area (Å²) >= 11 is 0. The third-order valence-corrected chi connectivity index (χ3v) is 4.69. The van der Waals surface area contributed by atoms with Crippen LogP contribution < -0.4 is 25.0 Å². The maximum atomic E-state index is 12.2. The molecule has 3 N–H and O–H groups in total. The minimum atomic E-state index is -4.04. The molecule has 24 heavy (non-hydrogen) atoms. The van der Waals surface area contributed by atoms with Crippen LogP contribution in [0.2, 0.25) is 0 Å². The van der Waals surface area contributed by atoms with Crippen LogP contribution in [0.5, 0.6) is 11.5 Å². The zero-order valence-corrected chi connectivity index (χ0v) is 13.5. The molecular weight excluding hydrogens is 338 g/mol. The maximum absolute atomic E-state index is 12.2. The predicted molar refractivity (Wildman–Crippen MR) is 81.7 cm³/mol. The number of hydrogen-bond donors (Lipinski definition) is 3. The van der Waals surface area contributed by atoms with Gasteiger partial charge < -0.3 is 14.8 Å². The third-order valence-electron chi connectivity index (χ3n) is 3.45. The third kappa shape index (κ3) is 3.95. The fourth-order valence-corrected chi connectivity index (χ4v) is 2.87. The Morgan fingerprint density at radius 3 is 2.46 bits per heavy atom. The van der Waals surface area contributed by atoms with E-state index in [1.165, 1.54) is 18.2 Å². The highest BCUT2D eigenvalue weighted by molar-refractivity contribution is 7.89. The average Bonchev–Trinajstić information content (AvgIpc) is 3.38. The molecule has 0 unspecified atom stereocenters. The molecule has 2 amide bonds. The normalized spacial score (nSPS) is 16.8. The first-order valence-corrected chi connectivity index (χ1v) is 8.96. The molecule has 2 aliphatic rings. The van der Waals surface area contributed by atoms with Crippen molar-refractivity contribution in [3.63, 3.8) is 0 Å². The number of fused-ring (bicyclic) bond motifs is 1. The minimum absolute atomic E-state index is 0.00147. The van der Waals surface area contributed by atoms with E-state index < -0.39 is 21.8 Å². The quantitative estimate of drug-likeness (QED) is 0.491. The molecule has 0 atom stereocenters. The Labute approximate surface area is 138 Å². The number of amides is 2. The summed E-state index contributed by atoms with van der Waals surface area (Å²) in [7, 11) is -4.04. The SMILES string of the molecule is O=C(NNS(=O)(=O)c1ccc2c(c1)OCCCO2)C(=O)NC1CC1. The van der Waals surface area contributed by atoms with Gasteiger partial charge in [0.25, 0.3) is 10.0 Å². The minimum Gasteiger partial charge on any atom is -0.490 e. The van der Waals surface area contributed by atoms with Crippen LogP contribution >= 0.6 is 0 Å². The number of sulfonamides is 1. The highest BCUT2D eigenvalue weighted by Gasteiger charge is 2.27. The van der Waals surface area contributed by atoms with E-state index in [9.17, 15) is 18.0 Å².